The van der Waals surface area contributed by atoms with Crippen LogP contribution in [-0.2, 0) is 16.6 Å². The van der Waals surface area contributed by atoms with Crippen molar-refractivity contribution >= 4 is 33.4 Å². The third kappa shape index (κ3) is 4.60. The Kier molecular flexibility index (Phi) is 6.74. The highest BCUT2D eigenvalue weighted by Gasteiger charge is 2.22. The summed E-state index contributed by atoms with van der Waals surface area (Å²) >= 11 is 7.35. The second-order valence-corrected chi connectivity index (χ2v) is 7.53. The molecule has 1 aromatic rings. The number of aliphatic hydroxyl groups excluding tert-OH is 1. The molecule has 2 N–H and O–H groups in total. The van der Waals surface area contributed by atoms with Gasteiger partial charge in [0.1, 0.15) is 10.7 Å². The monoisotopic (exact) mass is 341 g/mol. The fraction of sp³-hybridized carbons (Fsp3) is 0.500. The molecule has 0 aliphatic rings. The number of hydrogen-bond donors (Lipinski definition) is 2. The van der Waals surface area contributed by atoms with Crippen molar-refractivity contribution in [3.8, 4) is 0 Å². The van der Waals surface area contributed by atoms with Crippen LogP contribution in [0, 0.1) is 11.7 Å². The van der Waals surface area contributed by atoms with Gasteiger partial charge in [-0.2, -0.15) is 11.8 Å². The molecule has 4 nitrogen and oxygen atoms in total. The molecular formula is C12H17ClFNO3S2. The van der Waals surface area contributed by atoms with Gasteiger partial charge >= 0.3 is 0 Å². The molecule has 0 radical (unpaired) electrons. The maximum Gasteiger partial charge on any atom is 0.243 e. The predicted octanol–water partition coefficient (Wildman–Crippen LogP) is 2.25. The van der Waals surface area contributed by atoms with E-state index in [-0.39, 0.29) is 23.0 Å². The largest absolute Gasteiger partial charge is 0.392 e. The van der Waals surface area contributed by atoms with Crippen molar-refractivity contribution in [2.45, 2.75) is 18.4 Å². The number of aliphatic hydroxyl groups is 1. The lowest BCUT2D eigenvalue weighted by atomic mass is 10.2. The van der Waals surface area contributed by atoms with Crippen LogP contribution in [-0.4, -0.2) is 32.1 Å². The maximum absolute atomic E-state index is 14.0. The third-order valence-electron chi connectivity index (χ3n) is 2.61. The first-order valence-corrected chi connectivity index (χ1v) is 9.14. The van der Waals surface area contributed by atoms with Crippen LogP contribution >= 0.6 is 23.4 Å². The second kappa shape index (κ2) is 7.61. The van der Waals surface area contributed by atoms with E-state index in [0.717, 1.165) is 11.8 Å². The zero-order valence-corrected chi connectivity index (χ0v) is 13.6. The minimum absolute atomic E-state index is 0.0630. The molecule has 0 aliphatic heterocycles. The number of hydrogen-bond acceptors (Lipinski definition) is 4. The van der Waals surface area contributed by atoms with Crippen LogP contribution in [0.5, 0.6) is 0 Å². The minimum atomic E-state index is -3.99. The summed E-state index contributed by atoms with van der Waals surface area (Å²) in [7, 11) is -3.99. The van der Waals surface area contributed by atoms with Crippen LogP contribution in [0.4, 0.5) is 4.39 Å². The summed E-state index contributed by atoms with van der Waals surface area (Å²) in [6.45, 7) is 1.49. The Hall–Kier alpha value is -0.340. The average molecular weight is 342 g/mol. The van der Waals surface area contributed by atoms with Gasteiger partial charge in [-0.1, -0.05) is 18.5 Å². The summed E-state index contributed by atoms with van der Waals surface area (Å²) in [5.74, 6) is -0.0520. The van der Waals surface area contributed by atoms with Gasteiger partial charge < -0.3 is 5.11 Å². The van der Waals surface area contributed by atoms with E-state index in [9.17, 15) is 12.8 Å². The van der Waals surface area contributed by atoms with Gasteiger partial charge in [-0.15, -0.1) is 0 Å². The molecule has 20 heavy (non-hydrogen) atoms. The van der Waals surface area contributed by atoms with Crippen molar-refractivity contribution in [3.05, 3.63) is 28.5 Å². The van der Waals surface area contributed by atoms with Gasteiger partial charge in [0.2, 0.25) is 10.0 Å². The van der Waals surface area contributed by atoms with Crippen molar-refractivity contribution in [2.24, 2.45) is 5.92 Å². The smallest absolute Gasteiger partial charge is 0.243 e. The van der Waals surface area contributed by atoms with Crippen LogP contribution in [0.2, 0.25) is 5.02 Å². The fourth-order valence-corrected chi connectivity index (χ4v) is 3.90. The minimum Gasteiger partial charge on any atom is -0.392 e. The van der Waals surface area contributed by atoms with E-state index >= 15 is 0 Å². The molecule has 0 saturated carbocycles. The molecule has 0 aliphatic carbocycles. The molecule has 114 valence electrons. The Balaban J connectivity index is 3.01. The highest BCUT2D eigenvalue weighted by molar-refractivity contribution is 7.98. The van der Waals surface area contributed by atoms with Gasteiger partial charge in [0.15, 0.2) is 0 Å². The predicted molar refractivity (Wildman–Crippen MR) is 80.1 cm³/mol. The first kappa shape index (κ1) is 17.7. The lowest BCUT2D eigenvalue weighted by Crippen LogP contribution is -2.30. The van der Waals surface area contributed by atoms with Gasteiger partial charge in [-0.05, 0) is 30.1 Å². The Morgan fingerprint density at radius 3 is 2.70 bits per heavy atom. The molecule has 0 fully saturated rings. The van der Waals surface area contributed by atoms with E-state index in [4.69, 9.17) is 16.7 Å². The summed E-state index contributed by atoms with van der Waals surface area (Å²) < 4.78 is 40.5. The van der Waals surface area contributed by atoms with Crippen LogP contribution in [0.1, 0.15) is 12.5 Å². The first-order chi connectivity index (χ1) is 9.31. The third-order valence-corrected chi connectivity index (χ3v) is 5.16. The highest BCUT2D eigenvalue weighted by atomic mass is 35.5. The number of thioether (sulfide) groups is 1. The summed E-state index contributed by atoms with van der Waals surface area (Å²) in [6, 6.07) is 2.24. The van der Waals surface area contributed by atoms with Gasteiger partial charge in [0, 0.05) is 17.1 Å². The average Bonchev–Trinajstić information content (AvgIpc) is 2.39. The normalized spacial score (nSPS) is 13.4. The Morgan fingerprint density at radius 1 is 1.50 bits per heavy atom. The van der Waals surface area contributed by atoms with E-state index in [1.54, 1.807) is 11.8 Å². The number of rotatable bonds is 7. The first-order valence-electron chi connectivity index (χ1n) is 5.89. The zero-order valence-electron chi connectivity index (χ0n) is 11.2. The fourth-order valence-electron chi connectivity index (χ4n) is 1.60. The molecule has 0 aromatic heterocycles. The number of halogens is 2. The van der Waals surface area contributed by atoms with Crippen LogP contribution in [0.3, 0.4) is 0 Å². The van der Waals surface area contributed by atoms with Gasteiger partial charge in [-0.25, -0.2) is 17.5 Å². The topological polar surface area (TPSA) is 66.4 Å². The number of sulfonamides is 1. The Morgan fingerprint density at radius 2 is 2.15 bits per heavy atom. The summed E-state index contributed by atoms with van der Waals surface area (Å²) in [5.41, 5.74) is -0.143. The molecule has 1 unspecified atom stereocenters. The number of benzene rings is 1. The zero-order chi connectivity index (χ0) is 15.3. The van der Waals surface area contributed by atoms with Crippen molar-refractivity contribution in [1.29, 1.82) is 0 Å². The highest BCUT2D eigenvalue weighted by Crippen LogP contribution is 2.23. The lowest BCUT2D eigenvalue weighted by molar-refractivity contribution is 0.274. The maximum atomic E-state index is 14.0. The Labute approximate surface area is 127 Å². The molecule has 0 bridgehead atoms. The van der Waals surface area contributed by atoms with Crippen molar-refractivity contribution in [1.82, 2.24) is 4.72 Å². The second-order valence-electron chi connectivity index (χ2n) is 4.45. The molecular weight excluding hydrogens is 325 g/mol. The van der Waals surface area contributed by atoms with Gasteiger partial charge in [0.25, 0.3) is 0 Å². The van der Waals surface area contributed by atoms with Crippen molar-refractivity contribution in [3.63, 3.8) is 0 Å². The standard InChI is InChI=1S/C12H17ClFNO3S2/c1-8(7-19-2)5-15-20(17,18)11-4-10(13)3-9(6-16)12(11)14/h3-4,8,15-16H,5-7H2,1-2H3. The molecule has 0 amide bonds. The van der Waals surface area contributed by atoms with Crippen molar-refractivity contribution < 1.29 is 17.9 Å². The van der Waals surface area contributed by atoms with Gasteiger partial charge in [0.05, 0.1) is 6.61 Å². The van der Waals surface area contributed by atoms with E-state index < -0.39 is 27.3 Å². The molecule has 8 heteroatoms. The Bertz CT molecular complexity index is 566. The summed E-state index contributed by atoms with van der Waals surface area (Å²) in [4.78, 5) is -0.537. The van der Waals surface area contributed by atoms with E-state index in [1.165, 1.54) is 6.07 Å². The summed E-state index contributed by atoms with van der Waals surface area (Å²) in [6.07, 6.45) is 1.93. The molecule has 1 atom stereocenters. The number of nitrogens with one attached hydrogen (secondary N) is 1. The van der Waals surface area contributed by atoms with Crippen LogP contribution in [0.15, 0.2) is 17.0 Å². The SMILES string of the molecule is CSCC(C)CNS(=O)(=O)c1cc(Cl)cc(CO)c1F. The molecule has 1 aromatic carbocycles. The summed E-state index contributed by atoms with van der Waals surface area (Å²) in [5, 5.41) is 9.07. The molecule has 1 rings (SSSR count). The van der Waals surface area contributed by atoms with Crippen LogP contribution in [0.25, 0.3) is 0 Å². The van der Waals surface area contributed by atoms with Crippen LogP contribution < -0.4 is 4.72 Å². The quantitative estimate of drug-likeness (QED) is 0.798. The molecule has 0 heterocycles. The lowest BCUT2D eigenvalue weighted by Gasteiger charge is -2.13. The van der Waals surface area contributed by atoms with E-state index in [2.05, 4.69) is 4.72 Å². The molecule has 0 saturated heterocycles. The van der Waals surface area contributed by atoms with Gasteiger partial charge in [-0.3, -0.25) is 0 Å². The molecule has 0 spiro atoms. The van der Waals surface area contributed by atoms with E-state index in [1.807, 2.05) is 13.2 Å². The van der Waals surface area contributed by atoms with Crippen molar-refractivity contribution in [2.75, 3.05) is 18.6 Å². The van der Waals surface area contributed by atoms with E-state index in [0.29, 0.717) is 0 Å².